The Morgan fingerprint density at radius 3 is 1.96 bits per heavy atom. The van der Waals surface area contributed by atoms with Crippen LogP contribution in [0.15, 0.2) is 30.3 Å². The number of rotatable bonds is 9. The monoisotopic (exact) mass is 336 g/mol. The third kappa shape index (κ3) is 8.49. The zero-order valence-corrected chi connectivity index (χ0v) is 13.0. The van der Waals surface area contributed by atoms with Crippen molar-refractivity contribution >= 4 is 23.7 Å². The number of amides is 3. The van der Waals surface area contributed by atoms with E-state index in [2.05, 4.69) is 16.0 Å². The van der Waals surface area contributed by atoms with E-state index in [9.17, 15) is 19.2 Å². The van der Waals surface area contributed by atoms with E-state index in [0.717, 1.165) is 5.56 Å². The van der Waals surface area contributed by atoms with Crippen LogP contribution < -0.4 is 21.7 Å². The molecule has 9 heteroatoms. The molecule has 0 heterocycles. The Kier molecular flexibility index (Phi) is 8.54. The predicted molar refractivity (Wildman–Crippen MR) is 84.3 cm³/mol. The molecule has 3 amide bonds. The van der Waals surface area contributed by atoms with Crippen molar-refractivity contribution in [1.29, 1.82) is 0 Å². The Morgan fingerprint density at radius 1 is 0.833 bits per heavy atom. The molecule has 0 atom stereocenters. The first-order valence-corrected chi connectivity index (χ1v) is 7.21. The Labute approximate surface area is 138 Å². The predicted octanol–water partition coefficient (Wildman–Crippen LogP) is -1.96. The maximum atomic E-state index is 11.5. The minimum absolute atomic E-state index is 0.118. The first kappa shape index (κ1) is 19.1. The molecule has 0 aliphatic heterocycles. The molecule has 1 rings (SSSR count). The van der Waals surface area contributed by atoms with Crippen LogP contribution >= 0.6 is 0 Å². The van der Waals surface area contributed by atoms with Gasteiger partial charge in [-0.15, -0.1) is 0 Å². The molecule has 0 fully saturated rings. The summed E-state index contributed by atoms with van der Waals surface area (Å²) in [6, 6.07) is 9.12. The number of ether oxygens (including phenoxy) is 1. The van der Waals surface area contributed by atoms with Gasteiger partial charge in [0.1, 0.15) is 13.2 Å². The standard InChI is InChI=1S/C15H20N4O5/c16-6-12(20)17-7-13(21)18-8-14(22)19-9-15(23)24-10-11-4-2-1-3-5-11/h1-5H,6-10,16H2,(H,17,20)(H,18,21)(H,19,22). The minimum atomic E-state index is -0.589. The SMILES string of the molecule is NCC(=O)NCC(=O)NCC(=O)NCC(=O)OCc1ccccc1. The van der Waals surface area contributed by atoms with Crippen molar-refractivity contribution in [1.82, 2.24) is 16.0 Å². The second kappa shape index (κ2) is 10.7. The van der Waals surface area contributed by atoms with Crippen LogP contribution in [0, 0.1) is 0 Å². The van der Waals surface area contributed by atoms with E-state index in [1.165, 1.54) is 0 Å². The lowest BCUT2D eigenvalue weighted by Crippen LogP contribution is -2.44. The highest BCUT2D eigenvalue weighted by atomic mass is 16.5. The van der Waals surface area contributed by atoms with E-state index < -0.39 is 23.7 Å². The van der Waals surface area contributed by atoms with Gasteiger partial charge in [0.05, 0.1) is 19.6 Å². The summed E-state index contributed by atoms with van der Waals surface area (Å²) in [5, 5.41) is 6.86. The highest BCUT2D eigenvalue weighted by Crippen LogP contribution is 2.00. The van der Waals surface area contributed by atoms with Gasteiger partial charge in [0.25, 0.3) is 0 Å². The first-order valence-electron chi connectivity index (χ1n) is 7.21. The van der Waals surface area contributed by atoms with E-state index in [4.69, 9.17) is 10.5 Å². The summed E-state index contributed by atoms with van der Waals surface area (Å²) in [6.45, 7) is -0.997. The molecular formula is C15H20N4O5. The van der Waals surface area contributed by atoms with E-state index in [1.807, 2.05) is 30.3 Å². The Hall–Kier alpha value is -2.94. The summed E-state index contributed by atoms with van der Waals surface area (Å²) in [7, 11) is 0. The number of carbonyl (C=O) groups is 4. The molecule has 0 spiro atoms. The van der Waals surface area contributed by atoms with Crippen LogP contribution in [0.3, 0.4) is 0 Å². The average molecular weight is 336 g/mol. The lowest BCUT2D eigenvalue weighted by molar-refractivity contribution is -0.145. The number of hydrogen-bond donors (Lipinski definition) is 4. The summed E-state index contributed by atoms with van der Waals surface area (Å²) in [6.07, 6.45) is 0. The van der Waals surface area contributed by atoms with Gasteiger partial charge in [-0.2, -0.15) is 0 Å². The summed E-state index contributed by atoms with van der Waals surface area (Å²) in [5.41, 5.74) is 5.90. The summed E-state index contributed by atoms with van der Waals surface area (Å²) in [5.74, 6) is -2.16. The van der Waals surface area contributed by atoms with Crippen LogP contribution in [0.25, 0.3) is 0 Å². The van der Waals surface area contributed by atoms with Crippen molar-refractivity contribution < 1.29 is 23.9 Å². The topological polar surface area (TPSA) is 140 Å². The zero-order chi connectivity index (χ0) is 17.8. The van der Waals surface area contributed by atoms with Gasteiger partial charge in [0.2, 0.25) is 17.7 Å². The van der Waals surface area contributed by atoms with Gasteiger partial charge < -0.3 is 26.4 Å². The van der Waals surface area contributed by atoms with Crippen molar-refractivity contribution in [2.75, 3.05) is 26.2 Å². The molecular weight excluding hydrogens is 316 g/mol. The molecule has 0 aromatic heterocycles. The minimum Gasteiger partial charge on any atom is -0.460 e. The largest absolute Gasteiger partial charge is 0.460 e. The number of hydrogen-bond acceptors (Lipinski definition) is 6. The fourth-order valence-corrected chi connectivity index (χ4v) is 1.51. The average Bonchev–Trinajstić information content (AvgIpc) is 2.61. The van der Waals surface area contributed by atoms with Crippen LogP contribution in [0.2, 0.25) is 0 Å². The fraction of sp³-hybridized carbons (Fsp3) is 0.333. The maximum absolute atomic E-state index is 11.5. The normalized spacial score (nSPS) is 9.71. The Bertz CT molecular complexity index is 576. The van der Waals surface area contributed by atoms with Crippen molar-refractivity contribution in [3.63, 3.8) is 0 Å². The van der Waals surface area contributed by atoms with Gasteiger partial charge in [0.15, 0.2) is 0 Å². The van der Waals surface area contributed by atoms with Gasteiger partial charge in [-0.05, 0) is 5.56 Å². The van der Waals surface area contributed by atoms with Crippen LogP contribution in [0.4, 0.5) is 0 Å². The number of esters is 1. The van der Waals surface area contributed by atoms with Gasteiger partial charge in [-0.25, -0.2) is 0 Å². The van der Waals surface area contributed by atoms with Crippen molar-refractivity contribution in [2.24, 2.45) is 5.73 Å². The second-order valence-electron chi connectivity index (χ2n) is 4.68. The molecule has 0 saturated heterocycles. The van der Waals surface area contributed by atoms with E-state index in [0.29, 0.717) is 0 Å². The van der Waals surface area contributed by atoms with Crippen molar-refractivity contribution in [2.45, 2.75) is 6.61 Å². The number of nitrogens with two attached hydrogens (primary N) is 1. The zero-order valence-electron chi connectivity index (χ0n) is 13.0. The number of benzene rings is 1. The lowest BCUT2D eigenvalue weighted by Gasteiger charge is -2.08. The molecule has 9 nitrogen and oxygen atoms in total. The van der Waals surface area contributed by atoms with Gasteiger partial charge in [-0.3, -0.25) is 19.2 Å². The highest BCUT2D eigenvalue weighted by Gasteiger charge is 2.09. The molecule has 24 heavy (non-hydrogen) atoms. The van der Waals surface area contributed by atoms with Gasteiger partial charge >= 0.3 is 5.97 Å². The van der Waals surface area contributed by atoms with Crippen LogP contribution in [-0.2, 0) is 30.5 Å². The summed E-state index contributed by atoms with van der Waals surface area (Å²) < 4.78 is 4.98. The van der Waals surface area contributed by atoms with Crippen molar-refractivity contribution in [3.05, 3.63) is 35.9 Å². The molecule has 1 aromatic carbocycles. The van der Waals surface area contributed by atoms with E-state index >= 15 is 0 Å². The quantitative estimate of drug-likeness (QED) is 0.386. The molecule has 0 bridgehead atoms. The van der Waals surface area contributed by atoms with Gasteiger partial charge in [-0.1, -0.05) is 30.3 Å². The molecule has 5 N–H and O–H groups in total. The maximum Gasteiger partial charge on any atom is 0.325 e. The molecule has 1 aromatic rings. The molecule has 0 aliphatic rings. The first-order chi connectivity index (χ1) is 11.5. The molecule has 0 radical (unpaired) electrons. The fourth-order valence-electron chi connectivity index (χ4n) is 1.51. The third-order valence-electron chi connectivity index (χ3n) is 2.75. The highest BCUT2D eigenvalue weighted by molar-refractivity contribution is 5.89. The van der Waals surface area contributed by atoms with Crippen molar-refractivity contribution in [3.8, 4) is 0 Å². The summed E-state index contributed by atoms with van der Waals surface area (Å²) >= 11 is 0. The van der Waals surface area contributed by atoms with E-state index in [1.54, 1.807) is 0 Å². The van der Waals surface area contributed by atoms with Gasteiger partial charge in [0, 0.05) is 0 Å². The Morgan fingerprint density at radius 2 is 1.38 bits per heavy atom. The molecule has 0 unspecified atom stereocenters. The summed E-state index contributed by atoms with van der Waals surface area (Å²) in [4.78, 5) is 45.1. The lowest BCUT2D eigenvalue weighted by atomic mass is 10.2. The number of carbonyl (C=O) groups excluding carboxylic acids is 4. The molecule has 0 saturated carbocycles. The Balaban J connectivity index is 2.13. The van der Waals surface area contributed by atoms with Crippen LogP contribution in [-0.4, -0.2) is 49.9 Å². The van der Waals surface area contributed by atoms with E-state index in [-0.39, 0.29) is 32.8 Å². The second-order valence-corrected chi connectivity index (χ2v) is 4.68. The van der Waals surface area contributed by atoms with Crippen LogP contribution in [0.1, 0.15) is 5.56 Å². The third-order valence-corrected chi connectivity index (χ3v) is 2.75. The van der Waals surface area contributed by atoms with Crippen LogP contribution in [0.5, 0.6) is 0 Å². The smallest absolute Gasteiger partial charge is 0.325 e. The molecule has 0 aliphatic carbocycles. The molecule has 130 valence electrons. The number of nitrogens with one attached hydrogen (secondary N) is 3.